The summed E-state index contributed by atoms with van der Waals surface area (Å²) >= 11 is 3.74. The van der Waals surface area contributed by atoms with Gasteiger partial charge in [0.25, 0.3) is 0 Å². The summed E-state index contributed by atoms with van der Waals surface area (Å²) in [5, 5.41) is 8.28. The second-order valence-electron chi connectivity index (χ2n) is 7.02. The van der Waals surface area contributed by atoms with Crippen molar-refractivity contribution in [2.45, 2.75) is 66.5 Å². The molecule has 3 nitrogen and oxygen atoms in total. The van der Waals surface area contributed by atoms with Crippen LogP contribution in [0.5, 0.6) is 0 Å². The molecule has 0 amide bonds. The monoisotopic (exact) mass is 355 g/mol. The van der Waals surface area contributed by atoms with Gasteiger partial charge in [0.05, 0.1) is 15.9 Å². The summed E-state index contributed by atoms with van der Waals surface area (Å²) in [4.78, 5) is 0. The van der Waals surface area contributed by atoms with Crippen LogP contribution in [0.25, 0.3) is 0 Å². The predicted octanol–water partition coefficient (Wildman–Crippen LogP) is 4.35. The highest BCUT2D eigenvalue weighted by molar-refractivity contribution is 9.10. The third kappa shape index (κ3) is 4.96. The SMILES string of the molecule is C=CC(C)(CNC(C)(C)C)Cc1c(Br)c(CC)nn1CC. The first-order valence-corrected chi connectivity index (χ1v) is 8.57. The molecule has 0 aliphatic heterocycles. The zero-order chi connectivity index (χ0) is 16.3. The third-order valence-corrected chi connectivity index (χ3v) is 4.70. The van der Waals surface area contributed by atoms with Crippen molar-refractivity contribution in [2.24, 2.45) is 5.41 Å². The molecule has 0 aliphatic carbocycles. The lowest BCUT2D eigenvalue weighted by molar-refractivity contribution is 0.316. The summed E-state index contributed by atoms with van der Waals surface area (Å²) in [5.41, 5.74) is 2.53. The molecular weight excluding hydrogens is 326 g/mol. The van der Waals surface area contributed by atoms with E-state index in [1.54, 1.807) is 0 Å². The Morgan fingerprint density at radius 2 is 1.90 bits per heavy atom. The molecule has 0 radical (unpaired) electrons. The summed E-state index contributed by atoms with van der Waals surface area (Å²) in [6, 6.07) is 0. The fourth-order valence-electron chi connectivity index (χ4n) is 2.24. The van der Waals surface area contributed by atoms with Gasteiger partial charge in [-0.1, -0.05) is 19.9 Å². The lowest BCUT2D eigenvalue weighted by atomic mass is 9.84. The fourth-order valence-corrected chi connectivity index (χ4v) is 2.95. The van der Waals surface area contributed by atoms with Crippen LogP contribution in [0.1, 0.15) is 52.9 Å². The van der Waals surface area contributed by atoms with E-state index >= 15 is 0 Å². The van der Waals surface area contributed by atoms with Crippen LogP contribution >= 0.6 is 15.9 Å². The van der Waals surface area contributed by atoms with E-state index in [4.69, 9.17) is 0 Å². The smallest absolute Gasteiger partial charge is 0.0766 e. The minimum Gasteiger partial charge on any atom is -0.311 e. The van der Waals surface area contributed by atoms with Gasteiger partial charge in [0.1, 0.15) is 0 Å². The Labute approximate surface area is 138 Å². The van der Waals surface area contributed by atoms with Crippen molar-refractivity contribution in [3.63, 3.8) is 0 Å². The van der Waals surface area contributed by atoms with Crippen LogP contribution in [0.4, 0.5) is 0 Å². The van der Waals surface area contributed by atoms with Crippen molar-refractivity contribution in [1.29, 1.82) is 0 Å². The molecule has 1 aromatic heterocycles. The van der Waals surface area contributed by atoms with Gasteiger partial charge in [-0.25, -0.2) is 0 Å². The lowest BCUT2D eigenvalue weighted by Gasteiger charge is -2.31. The second-order valence-corrected chi connectivity index (χ2v) is 7.81. The van der Waals surface area contributed by atoms with Crippen LogP contribution in [-0.2, 0) is 19.4 Å². The molecule has 21 heavy (non-hydrogen) atoms. The van der Waals surface area contributed by atoms with E-state index < -0.39 is 0 Å². The molecule has 0 saturated heterocycles. The van der Waals surface area contributed by atoms with Gasteiger partial charge in [0.2, 0.25) is 0 Å². The number of halogens is 1. The first-order chi connectivity index (χ1) is 9.65. The fraction of sp³-hybridized carbons (Fsp3) is 0.706. The van der Waals surface area contributed by atoms with Crippen molar-refractivity contribution in [3.05, 3.63) is 28.5 Å². The normalized spacial score (nSPS) is 15.0. The first-order valence-electron chi connectivity index (χ1n) is 7.78. The van der Waals surface area contributed by atoms with Gasteiger partial charge in [-0.05, 0) is 50.0 Å². The molecule has 1 rings (SSSR count). The highest BCUT2D eigenvalue weighted by atomic mass is 79.9. The van der Waals surface area contributed by atoms with Crippen molar-refractivity contribution < 1.29 is 0 Å². The summed E-state index contributed by atoms with van der Waals surface area (Å²) in [5.74, 6) is 0. The van der Waals surface area contributed by atoms with Gasteiger partial charge in [-0.15, -0.1) is 6.58 Å². The predicted molar refractivity (Wildman–Crippen MR) is 94.7 cm³/mol. The average Bonchev–Trinajstić information content (AvgIpc) is 2.72. The maximum Gasteiger partial charge on any atom is 0.0766 e. The van der Waals surface area contributed by atoms with Crippen molar-refractivity contribution in [1.82, 2.24) is 15.1 Å². The van der Waals surface area contributed by atoms with Gasteiger partial charge >= 0.3 is 0 Å². The maximum atomic E-state index is 4.69. The van der Waals surface area contributed by atoms with Gasteiger partial charge in [-0.2, -0.15) is 5.10 Å². The zero-order valence-corrected chi connectivity index (χ0v) is 16.0. The minimum atomic E-state index is 0.00770. The highest BCUT2D eigenvalue weighted by Gasteiger charge is 2.27. The lowest BCUT2D eigenvalue weighted by Crippen LogP contribution is -2.43. The van der Waals surface area contributed by atoms with Crippen molar-refractivity contribution >= 4 is 15.9 Å². The molecule has 0 aromatic carbocycles. The number of hydrogen-bond acceptors (Lipinski definition) is 2. The van der Waals surface area contributed by atoms with Gasteiger partial charge in [0, 0.05) is 30.5 Å². The van der Waals surface area contributed by atoms with E-state index in [0.29, 0.717) is 0 Å². The summed E-state index contributed by atoms with van der Waals surface area (Å²) < 4.78 is 3.28. The molecule has 1 N–H and O–H groups in total. The zero-order valence-electron chi connectivity index (χ0n) is 14.4. The van der Waals surface area contributed by atoms with E-state index in [-0.39, 0.29) is 11.0 Å². The Hall–Kier alpha value is -0.610. The van der Waals surface area contributed by atoms with Crippen LogP contribution in [0.2, 0.25) is 0 Å². The Bertz CT molecular complexity index is 485. The molecule has 4 heteroatoms. The molecule has 1 unspecified atom stereocenters. The average molecular weight is 356 g/mol. The Balaban J connectivity index is 3.00. The van der Waals surface area contributed by atoms with Crippen LogP contribution in [-0.4, -0.2) is 21.9 Å². The molecule has 1 heterocycles. The highest BCUT2D eigenvalue weighted by Crippen LogP contribution is 2.30. The van der Waals surface area contributed by atoms with Gasteiger partial charge in [-0.3, -0.25) is 4.68 Å². The van der Waals surface area contributed by atoms with Crippen molar-refractivity contribution in [2.75, 3.05) is 6.54 Å². The Kier molecular flexibility index (Phi) is 6.23. The second kappa shape index (κ2) is 7.10. The number of aryl methyl sites for hydroxylation is 2. The molecule has 1 atom stereocenters. The van der Waals surface area contributed by atoms with Gasteiger partial charge < -0.3 is 5.32 Å². The molecule has 120 valence electrons. The topological polar surface area (TPSA) is 29.9 Å². The summed E-state index contributed by atoms with van der Waals surface area (Å²) in [6.07, 6.45) is 3.95. The van der Waals surface area contributed by atoms with Crippen LogP contribution in [0, 0.1) is 5.41 Å². The van der Waals surface area contributed by atoms with Gasteiger partial charge in [0.15, 0.2) is 0 Å². The summed E-state index contributed by atoms with van der Waals surface area (Å²) in [6.45, 7) is 19.0. The number of nitrogens with zero attached hydrogens (tertiary/aromatic N) is 2. The van der Waals surface area contributed by atoms with Crippen molar-refractivity contribution in [3.8, 4) is 0 Å². The van der Waals surface area contributed by atoms with E-state index in [0.717, 1.165) is 36.1 Å². The first kappa shape index (κ1) is 18.4. The largest absolute Gasteiger partial charge is 0.311 e. The molecule has 0 spiro atoms. The number of nitrogens with one attached hydrogen (secondary N) is 1. The standard InChI is InChI=1S/C17H30BrN3/c1-8-13-15(18)14(21(10-3)20-13)11-17(7,9-2)12-19-16(4,5)6/h9,19H,2,8,10-12H2,1,3-7H3. The van der Waals surface area contributed by atoms with Crippen LogP contribution in [0.15, 0.2) is 17.1 Å². The minimum absolute atomic E-state index is 0.00770. The molecule has 0 aliphatic rings. The molecule has 1 aromatic rings. The number of rotatable bonds is 7. The third-order valence-electron chi connectivity index (χ3n) is 3.78. The molecular formula is C17H30BrN3. The van der Waals surface area contributed by atoms with E-state index in [1.165, 1.54) is 5.69 Å². The molecule has 0 fully saturated rings. The number of aromatic nitrogens is 2. The Morgan fingerprint density at radius 3 is 2.33 bits per heavy atom. The molecule has 0 saturated carbocycles. The van der Waals surface area contributed by atoms with E-state index in [2.05, 4.69) is 85.2 Å². The van der Waals surface area contributed by atoms with Crippen LogP contribution in [0.3, 0.4) is 0 Å². The maximum absolute atomic E-state index is 4.69. The van der Waals surface area contributed by atoms with E-state index in [1.807, 2.05) is 0 Å². The quantitative estimate of drug-likeness (QED) is 0.736. The molecule has 0 bridgehead atoms. The Morgan fingerprint density at radius 1 is 1.29 bits per heavy atom. The summed E-state index contributed by atoms with van der Waals surface area (Å²) in [7, 11) is 0. The van der Waals surface area contributed by atoms with Crippen LogP contribution < -0.4 is 5.32 Å². The number of hydrogen-bond donors (Lipinski definition) is 1. The van der Waals surface area contributed by atoms with E-state index in [9.17, 15) is 0 Å².